The molecule has 146 valence electrons. The Morgan fingerprint density at radius 1 is 1.22 bits per heavy atom. The molecule has 2 saturated heterocycles. The lowest BCUT2D eigenvalue weighted by Crippen LogP contribution is -2.47. The predicted octanol–water partition coefficient (Wildman–Crippen LogP) is 1.57. The molecule has 3 amide bonds. The van der Waals surface area contributed by atoms with E-state index in [0.29, 0.717) is 32.0 Å². The summed E-state index contributed by atoms with van der Waals surface area (Å²) < 4.78 is 5.62. The molecule has 2 aliphatic rings. The smallest absolute Gasteiger partial charge is 0.227 e. The average molecular weight is 373 g/mol. The number of nitrogens with zero attached hydrogens (tertiary/aromatic N) is 2. The molecular weight excluding hydrogens is 346 g/mol. The van der Waals surface area contributed by atoms with Crippen LogP contribution in [0.4, 0.5) is 5.69 Å². The molecule has 1 atom stereocenters. The first-order valence-corrected chi connectivity index (χ1v) is 9.57. The Morgan fingerprint density at radius 2 is 1.93 bits per heavy atom. The van der Waals surface area contributed by atoms with Gasteiger partial charge in [0.05, 0.1) is 18.2 Å². The Bertz CT molecular complexity index is 713. The highest BCUT2D eigenvalue weighted by Gasteiger charge is 2.37. The number of piperidine rings is 1. The second-order valence-corrected chi connectivity index (χ2v) is 7.10. The second-order valence-electron chi connectivity index (χ2n) is 7.10. The second kappa shape index (κ2) is 8.41. The lowest BCUT2D eigenvalue weighted by Gasteiger charge is -2.32. The number of rotatable bonds is 5. The van der Waals surface area contributed by atoms with Crippen molar-refractivity contribution in [2.75, 3.05) is 31.1 Å². The SMILES string of the molecule is CCOc1ccccc1N1CC(C(=O)NC2CCN(C(C)=O)CC2)CC1=O. The van der Waals surface area contributed by atoms with Crippen LogP contribution in [0.25, 0.3) is 0 Å². The standard InChI is InChI=1S/C20H27N3O4/c1-3-27-18-7-5-4-6-17(18)23-13-15(12-19(23)25)20(26)21-16-8-10-22(11-9-16)14(2)24/h4-7,15-16H,3,8-13H2,1-2H3,(H,21,26). The topological polar surface area (TPSA) is 79.0 Å². The van der Waals surface area contributed by atoms with Crippen molar-refractivity contribution in [2.45, 2.75) is 39.2 Å². The average Bonchev–Trinajstić information content (AvgIpc) is 3.05. The fourth-order valence-corrected chi connectivity index (χ4v) is 3.73. The Kier molecular flexibility index (Phi) is 5.98. The highest BCUT2D eigenvalue weighted by atomic mass is 16.5. The number of anilines is 1. The van der Waals surface area contributed by atoms with Gasteiger partial charge >= 0.3 is 0 Å². The number of likely N-dealkylation sites (tertiary alicyclic amines) is 1. The normalized spacial score (nSPS) is 20.7. The molecule has 0 aromatic heterocycles. The van der Waals surface area contributed by atoms with Crippen molar-refractivity contribution < 1.29 is 19.1 Å². The van der Waals surface area contributed by atoms with Gasteiger partial charge < -0.3 is 19.9 Å². The monoisotopic (exact) mass is 373 g/mol. The van der Waals surface area contributed by atoms with Crippen molar-refractivity contribution in [3.8, 4) is 5.75 Å². The van der Waals surface area contributed by atoms with Crippen molar-refractivity contribution >= 4 is 23.4 Å². The van der Waals surface area contributed by atoms with Crippen LogP contribution >= 0.6 is 0 Å². The molecule has 27 heavy (non-hydrogen) atoms. The molecule has 1 aromatic rings. The summed E-state index contributed by atoms with van der Waals surface area (Å²) in [5.41, 5.74) is 0.717. The van der Waals surface area contributed by atoms with Gasteiger partial charge in [-0.05, 0) is 31.9 Å². The first-order chi connectivity index (χ1) is 13.0. The highest BCUT2D eigenvalue weighted by Crippen LogP contribution is 2.33. The summed E-state index contributed by atoms with van der Waals surface area (Å²) in [6, 6.07) is 7.48. The largest absolute Gasteiger partial charge is 0.492 e. The van der Waals surface area contributed by atoms with Crippen LogP contribution in [0.15, 0.2) is 24.3 Å². The zero-order valence-corrected chi connectivity index (χ0v) is 15.9. The van der Waals surface area contributed by atoms with E-state index in [9.17, 15) is 14.4 Å². The summed E-state index contributed by atoms with van der Waals surface area (Å²) in [4.78, 5) is 40.0. The van der Waals surface area contributed by atoms with Gasteiger partial charge in [-0.25, -0.2) is 0 Å². The Balaban J connectivity index is 1.59. The number of amides is 3. The molecule has 0 aliphatic carbocycles. The molecule has 2 fully saturated rings. The molecule has 0 radical (unpaired) electrons. The predicted molar refractivity (Wildman–Crippen MR) is 101 cm³/mol. The van der Waals surface area contributed by atoms with E-state index < -0.39 is 0 Å². The minimum Gasteiger partial charge on any atom is -0.492 e. The van der Waals surface area contributed by atoms with E-state index >= 15 is 0 Å². The maximum Gasteiger partial charge on any atom is 0.227 e. The third-order valence-electron chi connectivity index (χ3n) is 5.24. The third kappa shape index (κ3) is 4.40. The minimum absolute atomic E-state index is 0.0614. The van der Waals surface area contributed by atoms with Crippen LogP contribution in [0, 0.1) is 5.92 Å². The number of hydrogen-bond acceptors (Lipinski definition) is 4. The molecular formula is C20H27N3O4. The minimum atomic E-state index is -0.363. The summed E-state index contributed by atoms with van der Waals surface area (Å²) in [5, 5.41) is 3.07. The van der Waals surface area contributed by atoms with Crippen LogP contribution in [-0.4, -0.2) is 54.9 Å². The van der Waals surface area contributed by atoms with Crippen LogP contribution in [0.5, 0.6) is 5.75 Å². The molecule has 1 unspecified atom stereocenters. The van der Waals surface area contributed by atoms with Crippen molar-refractivity contribution in [1.29, 1.82) is 0 Å². The maximum absolute atomic E-state index is 12.7. The third-order valence-corrected chi connectivity index (χ3v) is 5.24. The van der Waals surface area contributed by atoms with Gasteiger partial charge in [0.1, 0.15) is 5.75 Å². The summed E-state index contributed by atoms with van der Waals surface area (Å²) in [6.07, 6.45) is 1.71. The fraction of sp³-hybridized carbons (Fsp3) is 0.550. The Labute approximate surface area is 159 Å². The lowest BCUT2D eigenvalue weighted by atomic mass is 10.0. The van der Waals surface area contributed by atoms with E-state index in [1.54, 1.807) is 16.7 Å². The van der Waals surface area contributed by atoms with Crippen LogP contribution in [0.3, 0.4) is 0 Å². The van der Waals surface area contributed by atoms with Crippen LogP contribution in [0.1, 0.15) is 33.1 Å². The fourth-order valence-electron chi connectivity index (χ4n) is 3.73. The van der Waals surface area contributed by atoms with E-state index in [1.807, 2.05) is 31.2 Å². The number of benzene rings is 1. The van der Waals surface area contributed by atoms with Gasteiger partial charge in [0.15, 0.2) is 0 Å². The number of carbonyl (C=O) groups excluding carboxylic acids is 3. The van der Waals surface area contributed by atoms with E-state index in [2.05, 4.69) is 5.32 Å². The Hall–Kier alpha value is -2.57. The number of carbonyl (C=O) groups is 3. The lowest BCUT2D eigenvalue weighted by molar-refractivity contribution is -0.130. The van der Waals surface area contributed by atoms with Crippen molar-refractivity contribution in [3.63, 3.8) is 0 Å². The van der Waals surface area contributed by atoms with Gasteiger partial charge in [-0.1, -0.05) is 12.1 Å². The molecule has 1 aromatic carbocycles. The van der Waals surface area contributed by atoms with Crippen molar-refractivity contribution in [1.82, 2.24) is 10.2 Å². The van der Waals surface area contributed by atoms with Gasteiger partial charge in [-0.2, -0.15) is 0 Å². The first-order valence-electron chi connectivity index (χ1n) is 9.57. The summed E-state index contributed by atoms with van der Waals surface area (Å²) in [6.45, 7) is 5.67. The van der Waals surface area contributed by atoms with E-state index in [0.717, 1.165) is 18.5 Å². The first kappa shape index (κ1) is 19.2. The van der Waals surface area contributed by atoms with Gasteiger partial charge in [-0.15, -0.1) is 0 Å². The molecule has 7 heteroatoms. The van der Waals surface area contributed by atoms with Crippen molar-refractivity contribution in [2.24, 2.45) is 5.92 Å². The number of hydrogen-bond donors (Lipinski definition) is 1. The van der Waals surface area contributed by atoms with E-state index in [4.69, 9.17) is 4.74 Å². The summed E-state index contributed by atoms with van der Waals surface area (Å²) in [5.74, 6) is 0.225. The molecule has 0 bridgehead atoms. The zero-order chi connectivity index (χ0) is 19.4. The van der Waals surface area contributed by atoms with E-state index in [1.165, 1.54) is 0 Å². The number of nitrogens with one attached hydrogen (secondary N) is 1. The highest BCUT2D eigenvalue weighted by molar-refractivity contribution is 6.01. The quantitative estimate of drug-likeness (QED) is 0.850. The molecule has 3 rings (SSSR count). The number of para-hydroxylation sites is 2. The van der Waals surface area contributed by atoms with Crippen LogP contribution in [-0.2, 0) is 14.4 Å². The molecule has 0 spiro atoms. The number of ether oxygens (including phenoxy) is 1. The molecule has 2 aliphatic heterocycles. The van der Waals surface area contributed by atoms with Gasteiger partial charge in [0.25, 0.3) is 0 Å². The maximum atomic E-state index is 12.7. The molecule has 7 nitrogen and oxygen atoms in total. The summed E-state index contributed by atoms with van der Waals surface area (Å²) >= 11 is 0. The van der Waals surface area contributed by atoms with Crippen molar-refractivity contribution in [3.05, 3.63) is 24.3 Å². The zero-order valence-electron chi connectivity index (χ0n) is 15.9. The molecule has 1 N–H and O–H groups in total. The summed E-state index contributed by atoms with van der Waals surface area (Å²) in [7, 11) is 0. The van der Waals surface area contributed by atoms with Crippen LogP contribution in [0.2, 0.25) is 0 Å². The van der Waals surface area contributed by atoms with Gasteiger partial charge in [-0.3, -0.25) is 14.4 Å². The molecule has 0 saturated carbocycles. The Morgan fingerprint density at radius 3 is 2.59 bits per heavy atom. The van der Waals surface area contributed by atoms with Gasteiger partial charge in [0.2, 0.25) is 17.7 Å². The van der Waals surface area contributed by atoms with Crippen LogP contribution < -0.4 is 15.0 Å². The van der Waals surface area contributed by atoms with Gasteiger partial charge in [0, 0.05) is 39.0 Å². The molecule has 2 heterocycles. The van der Waals surface area contributed by atoms with E-state index in [-0.39, 0.29) is 36.1 Å².